The second-order valence-electron chi connectivity index (χ2n) is 11.3. The molecule has 0 heterocycles. The van der Waals surface area contributed by atoms with Crippen LogP contribution in [0.15, 0.2) is 145 Å². The number of hydrogen-bond donors (Lipinski definition) is 3. The van der Waals surface area contributed by atoms with Crippen LogP contribution in [0.5, 0.6) is 0 Å². The quantitative estimate of drug-likeness (QED) is 0.136. The Labute approximate surface area is 266 Å². The van der Waals surface area contributed by atoms with Crippen molar-refractivity contribution < 1.29 is 0 Å². The Kier molecular flexibility index (Phi) is 9.40. The molecule has 45 heavy (non-hydrogen) atoms. The SMILES string of the molecule is Cc1ccc(N(C2=CC(=N)C(=N)C=C2)c2ccc(C)cc2)cc1.Cc1ccc(N(c2ccc(C)cc2)c2ccc(N)cc2)cc1. The minimum Gasteiger partial charge on any atom is -0.399 e. The van der Waals surface area contributed by atoms with Gasteiger partial charge in [0.1, 0.15) is 0 Å². The van der Waals surface area contributed by atoms with Crippen LogP contribution < -0.4 is 15.5 Å². The first-order valence-electron chi connectivity index (χ1n) is 15.0. The van der Waals surface area contributed by atoms with Crippen molar-refractivity contribution in [1.29, 1.82) is 10.8 Å². The molecule has 5 aromatic rings. The maximum atomic E-state index is 7.93. The van der Waals surface area contributed by atoms with Gasteiger partial charge in [-0.05, 0) is 119 Å². The number of aryl methyl sites for hydroxylation is 4. The Morgan fingerprint density at radius 3 is 1.04 bits per heavy atom. The molecule has 1 aliphatic rings. The second-order valence-corrected chi connectivity index (χ2v) is 11.3. The fourth-order valence-electron chi connectivity index (χ4n) is 4.96. The van der Waals surface area contributed by atoms with E-state index in [0.29, 0.717) is 0 Å². The van der Waals surface area contributed by atoms with E-state index in [4.69, 9.17) is 16.6 Å². The number of allylic oxidation sites excluding steroid dienone is 3. The van der Waals surface area contributed by atoms with Gasteiger partial charge in [-0.2, -0.15) is 0 Å². The zero-order valence-corrected chi connectivity index (χ0v) is 26.3. The number of benzene rings is 5. The summed E-state index contributed by atoms with van der Waals surface area (Å²) in [7, 11) is 0. The van der Waals surface area contributed by atoms with Crippen LogP contribution >= 0.6 is 0 Å². The maximum Gasteiger partial charge on any atom is 0.0810 e. The van der Waals surface area contributed by atoms with Gasteiger partial charge in [-0.1, -0.05) is 70.8 Å². The lowest BCUT2D eigenvalue weighted by Gasteiger charge is -2.28. The maximum absolute atomic E-state index is 7.93. The fraction of sp³-hybridized carbons (Fsp3) is 0.100. The third-order valence-corrected chi connectivity index (χ3v) is 7.58. The van der Waals surface area contributed by atoms with Crippen LogP contribution in [0, 0.1) is 38.5 Å². The van der Waals surface area contributed by atoms with Gasteiger partial charge in [0.05, 0.1) is 11.4 Å². The highest BCUT2D eigenvalue weighted by atomic mass is 15.1. The second kappa shape index (κ2) is 13.7. The standard InChI is InChI=1S/C20H19N3.C20H20N2/c1-14-3-7-16(8-4-14)23(17-9-5-15(2)6-10-17)18-11-12-19(21)20(22)13-18;1-15-3-9-18(10-4-15)22(19-11-5-16(2)6-12-19)20-13-7-17(21)8-14-20/h3-13,21-22H,1-2H3;3-14H,21H2,1-2H3. The molecule has 0 saturated carbocycles. The van der Waals surface area contributed by atoms with Crippen molar-refractivity contribution >= 4 is 45.5 Å². The van der Waals surface area contributed by atoms with Crippen molar-refractivity contribution in [2.24, 2.45) is 0 Å². The molecular weight excluding hydrogens is 550 g/mol. The van der Waals surface area contributed by atoms with Crippen LogP contribution in [0.4, 0.5) is 34.1 Å². The molecule has 0 saturated heterocycles. The molecule has 0 unspecified atom stereocenters. The molecule has 0 fully saturated rings. The predicted octanol–water partition coefficient (Wildman–Crippen LogP) is 10.3. The van der Waals surface area contributed by atoms with Gasteiger partial charge in [0.15, 0.2) is 0 Å². The van der Waals surface area contributed by atoms with E-state index in [-0.39, 0.29) is 11.4 Å². The summed E-state index contributed by atoms with van der Waals surface area (Å²) in [5, 5.41) is 15.6. The first-order valence-corrected chi connectivity index (χ1v) is 15.0. The Morgan fingerprint density at radius 1 is 0.400 bits per heavy atom. The van der Waals surface area contributed by atoms with E-state index in [0.717, 1.165) is 39.8 Å². The number of nitrogen functional groups attached to an aromatic ring is 1. The minimum absolute atomic E-state index is 0.228. The van der Waals surface area contributed by atoms with Crippen LogP contribution in [-0.4, -0.2) is 11.4 Å². The van der Waals surface area contributed by atoms with Crippen molar-refractivity contribution in [2.45, 2.75) is 27.7 Å². The average molecular weight is 590 g/mol. The molecule has 0 atom stereocenters. The number of rotatable bonds is 6. The summed E-state index contributed by atoms with van der Waals surface area (Å²) in [6.45, 7) is 8.33. The van der Waals surface area contributed by atoms with Crippen LogP contribution in [0.3, 0.4) is 0 Å². The Bertz CT molecular complexity index is 1680. The molecule has 6 rings (SSSR count). The third kappa shape index (κ3) is 7.64. The van der Waals surface area contributed by atoms with E-state index in [9.17, 15) is 0 Å². The van der Waals surface area contributed by atoms with Crippen LogP contribution in [0.1, 0.15) is 22.3 Å². The number of nitrogens with zero attached hydrogens (tertiary/aromatic N) is 2. The predicted molar refractivity (Wildman–Crippen MR) is 192 cm³/mol. The van der Waals surface area contributed by atoms with Gasteiger partial charge in [0, 0.05) is 39.8 Å². The summed E-state index contributed by atoms with van der Waals surface area (Å²) in [6.07, 6.45) is 5.30. The molecule has 0 radical (unpaired) electrons. The van der Waals surface area contributed by atoms with Crippen molar-refractivity contribution in [1.82, 2.24) is 0 Å². The normalized spacial score (nSPS) is 12.2. The first-order chi connectivity index (χ1) is 21.7. The van der Waals surface area contributed by atoms with Crippen molar-refractivity contribution in [3.63, 3.8) is 0 Å². The topological polar surface area (TPSA) is 80.2 Å². The Hall–Kier alpha value is -5.68. The molecular formula is C40H39N5. The van der Waals surface area contributed by atoms with Gasteiger partial charge >= 0.3 is 0 Å². The first kappa shape index (κ1) is 30.8. The lowest BCUT2D eigenvalue weighted by molar-refractivity contribution is 1.20. The summed E-state index contributed by atoms with van der Waals surface area (Å²) >= 11 is 0. The highest BCUT2D eigenvalue weighted by Crippen LogP contribution is 2.35. The van der Waals surface area contributed by atoms with E-state index in [1.165, 1.54) is 22.3 Å². The van der Waals surface area contributed by atoms with Crippen LogP contribution in [0.2, 0.25) is 0 Å². The monoisotopic (exact) mass is 589 g/mol. The molecule has 5 nitrogen and oxygen atoms in total. The highest BCUT2D eigenvalue weighted by Gasteiger charge is 2.17. The lowest BCUT2D eigenvalue weighted by atomic mass is 10.1. The highest BCUT2D eigenvalue weighted by molar-refractivity contribution is 6.49. The molecule has 224 valence electrons. The van der Waals surface area contributed by atoms with E-state index in [1.807, 2.05) is 18.2 Å². The zero-order chi connectivity index (χ0) is 31.9. The smallest absolute Gasteiger partial charge is 0.0810 e. The third-order valence-electron chi connectivity index (χ3n) is 7.58. The van der Waals surface area contributed by atoms with Gasteiger partial charge in [-0.25, -0.2) is 0 Å². The summed E-state index contributed by atoms with van der Waals surface area (Å²) < 4.78 is 0. The Balaban J connectivity index is 0.000000178. The molecule has 5 heteroatoms. The van der Waals surface area contributed by atoms with Crippen LogP contribution in [-0.2, 0) is 0 Å². The van der Waals surface area contributed by atoms with E-state index < -0.39 is 0 Å². The van der Waals surface area contributed by atoms with E-state index in [2.05, 4.69) is 147 Å². The largest absolute Gasteiger partial charge is 0.399 e. The van der Waals surface area contributed by atoms with Crippen molar-refractivity contribution in [3.8, 4) is 0 Å². The summed E-state index contributed by atoms with van der Waals surface area (Å²) in [4.78, 5) is 4.34. The van der Waals surface area contributed by atoms with Crippen molar-refractivity contribution in [3.05, 3.63) is 168 Å². The number of hydrogen-bond acceptors (Lipinski definition) is 5. The lowest BCUT2D eigenvalue weighted by Crippen LogP contribution is -2.21. The Morgan fingerprint density at radius 2 is 0.711 bits per heavy atom. The van der Waals surface area contributed by atoms with Gasteiger partial charge in [0.2, 0.25) is 0 Å². The zero-order valence-electron chi connectivity index (χ0n) is 26.3. The molecule has 0 bridgehead atoms. The van der Waals surface area contributed by atoms with Gasteiger partial charge in [-0.3, -0.25) is 10.8 Å². The van der Waals surface area contributed by atoms with Crippen molar-refractivity contribution in [2.75, 3.05) is 15.5 Å². The molecule has 0 aliphatic heterocycles. The van der Waals surface area contributed by atoms with E-state index >= 15 is 0 Å². The minimum atomic E-state index is 0.228. The molecule has 0 aromatic heterocycles. The molecule has 0 spiro atoms. The molecule has 4 N–H and O–H groups in total. The summed E-state index contributed by atoms with van der Waals surface area (Å²) in [5.74, 6) is 0. The van der Waals surface area contributed by atoms with Gasteiger partial charge in [0.25, 0.3) is 0 Å². The number of nitrogens with two attached hydrogens (primary N) is 1. The van der Waals surface area contributed by atoms with Gasteiger partial charge < -0.3 is 15.5 Å². The molecule has 1 aliphatic carbocycles. The summed E-state index contributed by atoms with van der Waals surface area (Å²) in [5.41, 5.74) is 18.3. The van der Waals surface area contributed by atoms with Crippen LogP contribution in [0.25, 0.3) is 0 Å². The number of anilines is 6. The molecule has 0 amide bonds. The van der Waals surface area contributed by atoms with Gasteiger partial charge in [-0.15, -0.1) is 0 Å². The average Bonchev–Trinajstić information content (AvgIpc) is 3.04. The van der Waals surface area contributed by atoms with E-state index in [1.54, 1.807) is 12.2 Å². The fourth-order valence-corrected chi connectivity index (χ4v) is 4.96. The molecule has 5 aromatic carbocycles. The number of nitrogens with one attached hydrogen (secondary N) is 2. The summed E-state index contributed by atoms with van der Waals surface area (Å²) in [6, 6.07) is 41.7.